The van der Waals surface area contributed by atoms with Crippen LogP contribution in [0.2, 0.25) is 0 Å². The van der Waals surface area contributed by atoms with Crippen LogP contribution in [0.1, 0.15) is 18.9 Å². The predicted molar refractivity (Wildman–Crippen MR) is 130 cm³/mol. The van der Waals surface area contributed by atoms with Crippen LogP contribution in [0.25, 0.3) is 44.6 Å². The van der Waals surface area contributed by atoms with Gasteiger partial charge in [0.2, 0.25) is 11.8 Å². The molecule has 6 rings (SSSR count). The SMILES string of the molecule is COc1cc(-c2cnc3[nH]cc(-c4ccc5ncn(C6CCCNC6)c5c4)c3n2)cc(OC)n1. The van der Waals surface area contributed by atoms with E-state index in [2.05, 4.69) is 48.0 Å². The van der Waals surface area contributed by atoms with Crippen molar-refractivity contribution in [1.82, 2.24) is 34.8 Å². The second-order valence-corrected chi connectivity index (χ2v) is 8.45. The van der Waals surface area contributed by atoms with E-state index < -0.39 is 0 Å². The third-order valence-electron chi connectivity index (χ3n) is 6.42. The number of hydrogen-bond acceptors (Lipinski definition) is 7. The number of fused-ring (bicyclic) bond motifs is 2. The van der Waals surface area contributed by atoms with Crippen molar-refractivity contribution in [1.29, 1.82) is 0 Å². The topological polar surface area (TPSA) is 103 Å². The van der Waals surface area contributed by atoms with Crippen LogP contribution >= 0.6 is 0 Å². The number of methoxy groups -OCH3 is 2. The number of aromatic nitrogens is 6. The number of aromatic amines is 1. The van der Waals surface area contributed by atoms with Crippen LogP contribution < -0.4 is 14.8 Å². The molecule has 2 N–H and O–H groups in total. The van der Waals surface area contributed by atoms with Gasteiger partial charge in [-0.15, -0.1) is 0 Å². The summed E-state index contributed by atoms with van der Waals surface area (Å²) in [6.07, 6.45) is 8.00. The summed E-state index contributed by atoms with van der Waals surface area (Å²) in [7, 11) is 3.16. The van der Waals surface area contributed by atoms with Gasteiger partial charge in [-0.3, -0.25) is 0 Å². The van der Waals surface area contributed by atoms with Crippen LogP contribution in [-0.2, 0) is 0 Å². The van der Waals surface area contributed by atoms with E-state index in [-0.39, 0.29) is 0 Å². The molecule has 0 aliphatic carbocycles. The minimum Gasteiger partial charge on any atom is -0.481 e. The molecule has 0 amide bonds. The van der Waals surface area contributed by atoms with E-state index in [1.54, 1.807) is 20.4 Å². The molecule has 0 radical (unpaired) electrons. The maximum Gasteiger partial charge on any atom is 0.216 e. The Kier molecular flexibility index (Phi) is 5.10. The van der Waals surface area contributed by atoms with Crippen molar-refractivity contribution in [2.45, 2.75) is 18.9 Å². The van der Waals surface area contributed by atoms with E-state index in [1.807, 2.05) is 24.7 Å². The fourth-order valence-electron chi connectivity index (χ4n) is 4.64. The Morgan fingerprint density at radius 3 is 2.62 bits per heavy atom. The largest absolute Gasteiger partial charge is 0.481 e. The summed E-state index contributed by atoms with van der Waals surface area (Å²) in [4.78, 5) is 21.7. The minimum absolute atomic E-state index is 0.417. The van der Waals surface area contributed by atoms with E-state index in [4.69, 9.17) is 14.5 Å². The molecule has 172 valence electrons. The standard InChI is InChI=1S/C25H25N7O2/c1-33-22-9-16(10-23(31-22)34-2)20-13-28-25-24(30-20)18(12-27-25)15-5-6-19-21(8-15)32(14-29-19)17-4-3-7-26-11-17/h5-6,8-10,12-14,17,26H,3-4,7,11H2,1-2H3,(H,27,28). The van der Waals surface area contributed by atoms with Gasteiger partial charge in [0.05, 0.1) is 43.5 Å². The minimum atomic E-state index is 0.417. The zero-order chi connectivity index (χ0) is 23.1. The zero-order valence-electron chi connectivity index (χ0n) is 19.1. The molecule has 1 aliphatic rings. The number of benzene rings is 1. The lowest BCUT2D eigenvalue weighted by atomic mass is 10.1. The molecule has 5 aromatic rings. The third kappa shape index (κ3) is 3.54. The molecule has 1 fully saturated rings. The lowest BCUT2D eigenvalue weighted by molar-refractivity contribution is 0.365. The van der Waals surface area contributed by atoms with Crippen LogP contribution in [-0.4, -0.2) is 56.8 Å². The number of nitrogens with zero attached hydrogens (tertiary/aromatic N) is 5. The molecule has 1 aliphatic heterocycles. The lowest BCUT2D eigenvalue weighted by Gasteiger charge is -2.24. The van der Waals surface area contributed by atoms with Gasteiger partial charge < -0.3 is 24.3 Å². The number of imidazole rings is 1. The second-order valence-electron chi connectivity index (χ2n) is 8.45. The first-order chi connectivity index (χ1) is 16.7. The van der Waals surface area contributed by atoms with Crippen molar-refractivity contribution in [3.8, 4) is 34.1 Å². The number of piperidine rings is 1. The molecule has 0 bridgehead atoms. The summed E-state index contributed by atoms with van der Waals surface area (Å²) in [6, 6.07) is 10.4. The lowest BCUT2D eigenvalue weighted by Crippen LogP contribution is -2.31. The van der Waals surface area contributed by atoms with Crippen molar-refractivity contribution in [3.63, 3.8) is 0 Å². The molecule has 1 saturated heterocycles. The van der Waals surface area contributed by atoms with Gasteiger partial charge in [-0.05, 0) is 37.1 Å². The average molecular weight is 456 g/mol. The Balaban J connectivity index is 1.44. The number of ether oxygens (including phenoxy) is 2. The number of nitrogens with one attached hydrogen (secondary N) is 2. The average Bonchev–Trinajstić information content (AvgIpc) is 3.52. The van der Waals surface area contributed by atoms with E-state index >= 15 is 0 Å². The van der Waals surface area contributed by atoms with Crippen LogP contribution in [0.15, 0.2) is 49.1 Å². The first-order valence-electron chi connectivity index (χ1n) is 11.4. The zero-order valence-corrected chi connectivity index (χ0v) is 19.1. The maximum absolute atomic E-state index is 5.32. The van der Waals surface area contributed by atoms with Crippen molar-refractivity contribution < 1.29 is 9.47 Å². The first-order valence-corrected chi connectivity index (χ1v) is 11.4. The molecule has 9 heteroatoms. The quantitative estimate of drug-likeness (QED) is 0.413. The smallest absolute Gasteiger partial charge is 0.216 e. The third-order valence-corrected chi connectivity index (χ3v) is 6.42. The molecule has 34 heavy (non-hydrogen) atoms. The van der Waals surface area contributed by atoms with Crippen LogP contribution in [0.3, 0.4) is 0 Å². The molecule has 0 saturated carbocycles. The molecule has 1 aromatic carbocycles. The summed E-state index contributed by atoms with van der Waals surface area (Å²) in [5, 5.41) is 3.50. The van der Waals surface area contributed by atoms with Gasteiger partial charge in [0.25, 0.3) is 0 Å². The van der Waals surface area contributed by atoms with Gasteiger partial charge in [-0.2, -0.15) is 4.98 Å². The molecule has 1 atom stereocenters. The summed E-state index contributed by atoms with van der Waals surface area (Å²) in [5.74, 6) is 0.919. The van der Waals surface area contributed by atoms with Crippen LogP contribution in [0, 0.1) is 0 Å². The molecule has 0 spiro atoms. The number of H-pyrrole nitrogens is 1. The summed E-state index contributed by atoms with van der Waals surface area (Å²) >= 11 is 0. The van der Waals surface area contributed by atoms with Crippen molar-refractivity contribution in [2.75, 3.05) is 27.3 Å². The first kappa shape index (κ1) is 20.6. The Labute approximate surface area is 196 Å². The highest BCUT2D eigenvalue weighted by atomic mass is 16.5. The predicted octanol–water partition coefficient (Wildman–Crippen LogP) is 3.98. The summed E-state index contributed by atoms with van der Waals surface area (Å²) in [5.41, 5.74) is 7.27. The van der Waals surface area contributed by atoms with Gasteiger partial charge in [0, 0.05) is 42.0 Å². The fourth-order valence-corrected chi connectivity index (χ4v) is 4.64. The van der Waals surface area contributed by atoms with E-state index in [9.17, 15) is 0 Å². The summed E-state index contributed by atoms with van der Waals surface area (Å²) < 4.78 is 12.9. The molecule has 9 nitrogen and oxygen atoms in total. The molecular weight excluding hydrogens is 430 g/mol. The fraction of sp³-hybridized carbons (Fsp3) is 0.280. The van der Waals surface area contributed by atoms with Gasteiger partial charge in [0.1, 0.15) is 5.52 Å². The Morgan fingerprint density at radius 1 is 1.00 bits per heavy atom. The Morgan fingerprint density at radius 2 is 1.85 bits per heavy atom. The monoisotopic (exact) mass is 455 g/mol. The normalized spacial score (nSPS) is 16.2. The highest BCUT2D eigenvalue weighted by Gasteiger charge is 2.18. The summed E-state index contributed by atoms with van der Waals surface area (Å²) in [6.45, 7) is 2.05. The van der Waals surface area contributed by atoms with Gasteiger partial charge in [-0.25, -0.2) is 15.0 Å². The van der Waals surface area contributed by atoms with E-state index in [0.29, 0.717) is 23.5 Å². The highest BCUT2D eigenvalue weighted by molar-refractivity contribution is 5.94. The van der Waals surface area contributed by atoms with Crippen molar-refractivity contribution >= 4 is 22.2 Å². The van der Waals surface area contributed by atoms with E-state index in [0.717, 1.165) is 58.4 Å². The van der Waals surface area contributed by atoms with E-state index in [1.165, 1.54) is 6.42 Å². The number of pyridine rings is 1. The molecule has 4 aromatic heterocycles. The van der Waals surface area contributed by atoms with Crippen molar-refractivity contribution in [2.24, 2.45) is 0 Å². The van der Waals surface area contributed by atoms with Crippen LogP contribution in [0.4, 0.5) is 0 Å². The Hall–Kier alpha value is -3.98. The van der Waals surface area contributed by atoms with Gasteiger partial charge in [0.15, 0.2) is 5.65 Å². The molecule has 1 unspecified atom stereocenters. The van der Waals surface area contributed by atoms with Crippen molar-refractivity contribution in [3.05, 3.63) is 49.1 Å². The Bertz CT molecular complexity index is 1460. The van der Waals surface area contributed by atoms with Gasteiger partial charge in [-0.1, -0.05) is 6.07 Å². The number of rotatable bonds is 5. The second kappa shape index (κ2) is 8.42. The number of hydrogen-bond donors (Lipinski definition) is 2. The molecule has 5 heterocycles. The van der Waals surface area contributed by atoms with Crippen LogP contribution in [0.5, 0.6) is 11.8 Å². The highest BCUT2D eigenvalue weighted by Crippen LogP contribution is 2.33. The van der Waals surface area contributed by atoms with Gasteiger partial charge >= 0.3 is 0 Å². The molecular formula is C25H25N7O2. The maximum atomic E-state index is 5.32.